The van der Waals surface area contributed by atoms with Gasteiger partial charge in [-0.25, -0.2) is 0 Å². The van der Waals surface area contributed by atoms with Crippen LogP contribution >= 0.6 is 23.7 Å². The average Bonchev–Trinajstić information content (AvgIpc) is 2.90. The van der Waals surface area contributed by atoms with E-state index in [0.717, 1.165) is 22.6 Å². The summed E-state index contributed by atoms with van der Waals surface area (Å²) in [7, 11) is 3.28. The first-order valence-corrected chi connectivity index (χ1v) is 6.20. The molecule has 0 aliphatic rings. The van der Waals surface area contributed by atoms with E-state index in [1.54, 1.807) is 25.6 Å². The molecular weight excluding hydrogens is 270 g/mol. The molecule has 2 aromatic rings. The van der Waals surface area contributed by atoms with Crippen molar-refractivity contribution in [2.24, 2.45) is 5.73 Å². The van der Waals surface area contributed by atoms with Crippen molar-refractivity contribution in [1.82, 2.24) is 0 Å². The molecule has 0 saturated heterocycles. The summed E-state index contributed by atoms with van der Waals surface area (Å²) in [5, 5.41) is 4.05. The molecule has 1 aromatic heterocycles. The van der Waals surface area contributed by atoms with Crippen LogP contribution in [0, 0.1) is 0 Å². The molecule has 0 bridgehead atoms. The van der Waals surface area contributed by atoms with Crippen LogP contribution in [0.25, 0.3) is 0 Å². The zero-order chi connectivity index (χ0) is 12.3. The van der Waals surface area contributed by atoms with E-state index in [1.165, 1.54) is 0 Å². The monoisotopic (exact) mass is 285 g/mol. The molecule has 3 nitrogen and oxygen atoms in total. The number of benzene rings is 1. The first kappa shape index (κ1) is 14.8. The van der Waals surface area contributed by atoms with Gasteiger partial charge >= 0.3 is 0 Å². The number of thiophene rings is 1. The van der Waals surface area contributed by atoms with Crippen molar-refractivity contribution in [2.45, 2.75) is 6.04 Å². The van der Waals surface area contributed by atoms with E-state index in [9.17, 15) is 0 Å². The number of nitrogens with two attached hydrogens (primary N) is 1. The van der Waals surface area contributed by atoms with E-state index in [0.29, 0.717) is 0 Å². The van der Waals surface area contributed by atoms with Gasteiger partial charge in [-0.2, -0.15) is 11.3 Å². The highest BCUT2D eigenvalue weighted by atomic mass is 35.5. The maximum Gasteiger partial charge on any atom is 0.127 e. The number of methoxy groups -OCH3 is 2. The van der Waals surface area contributed by atoms with Gasteiger partial charge < -0.3 is 15.2 Å². The smallest absolute Gasteiger partial charge is 0.127 e. The molecule has 5 heteroatoms. The summed E-state index contributed by atoms with van der Waals surface area (Å²) in [6.45, 7) is 0. The molecular formula is C13H16ClNO2S. The van der Waals surface area contributed by atoms with Crippen LogP contribution in [0.15, 0.2) is 35.0 Å². The van der Waals surface area contributed by atoms with E-state index in [4.69, 9.17) is 15.2 Å². The van der Waals surface area contributed by atoms with Gasteiger partial charge in [-0.05, 0) is 34.5 Å². The third-order valence-electron chi connectivity index (χ3n) is 2.68. The van der Waals surface area contributed by atoms with Gasteiger partial charge in [0.05, 0.1) is 25.8 Å². The van der Waals surface area contributed by atoms with Crippen molar-refractivity contribution in [3.63, 3.8) is 0 Å². The second-order valence-corrected chi connectivity index (χ2v) is 4.39. The Morgan fingerprint density at radius 1 is 1.11 bits per heavy atom. The number of hydrogen-bond donors (Lipinski definition) is 1. The third kappa shape index (κ3) is 2.77. The van der Waals surface area contributed by atoms with E-state index >= 15 is 0 Å². The van der Waals surface area contributed by atoms with Crippen LogP contribution in [0.1, 0.15) is 17.2 Å². The van der Waals surface area contributed by atoms with Crippen molar-refractivity contribution < 1.29 is 9.47 Å². The lowest BCUT2D eigenvalue weighted by Gasteiger charge is -2.18. The highest BCUT2D eigenvalue weighted by Crippen LogP contribution is 2.36. The summed E-state index contributed by atoms with van der Waals surface area (Å²) in [4.78, 5) is 0. The fraction of sp³-hybridized carbons (Fsp3) is 0.231. The molecule has 0 aliphatic heterocycles. The van der Waals surface area contributed by atoms with Gasteiger partial charge in [0.1, 0.15) is 11.5 Å². The van der Waals surface area contributed by atoms with E-state index < -0.39 is 0 Å². The summed E-state index contributed by atoms with van der Waals surface area (Å²) in [5.41, 5.74) is 8.21. The lowest BCUT2D eigenvalue weighted by Crippen LogP contribution is -2.13. The zero-order valence-corrected chi connectivity index (χ0v) is 11.9. The minimum Gasteiger partial charge on any atom is -0.496 e. The van der Waals surface area contributed by atoms with Crippen LogP contribution in [0.2, 0.25) is 0 Å². The molecule has 1 atom stereocenters. The zero-order valence-electron chi connectivity index (χ0n) is 10.3. The first-order chi connectivity index (χ1) is 8.27. The molecule has 0 amide bonds. The van der Waals surface area contributed by atoms with Gasteiger partial charge in [-0.1, -0.05) is 6.07 Å². The van der Waals surface area contributed by atoms with Crippen molar-refractivity contribution in [1.29, 1.82) is 0 Å². The van der Waals surface area contributed by atoms with Crippen LogP contribution in [0.3, 0.4) is 0 Å². The maximum atomic E-state index is 6.26. The lowest BCUT2D eigenvalue weighted by molar-refractivity contribution is 0.382. The second kappa shape index (κ2) is 6.64. The molecule has 0 aliphatic carbocycles. The topological polar surface area (TPSA) is 44.5 Å². The Bertz CT molecular complexity index is 465. The minimum atomic E-state index is -0.229. The first-order valence-electron chi connectivity index (χ1n) is 5.26. The largest absolute Gasteiger partial charge is 0.496 e. The van der Waals surface area contributed by atoms with Crippen molar-refractivity contribution in [3.8, 4) is 11.5 Å². The molecule has 0 fully saturated rings. The van der Waals surface area contributed by atoms with E-state index in [-0.39, 0.29) is 18.4 Å². The highest BCUT2D eigenvalue weighted by Gasteiger charge is 2.19. The van der Waals surface area contributed by atoms with E-state index in [1.807, 2.05) is 35.0 Å². The third-order valence-corrected chi connectivity index (χ3v) is 3.38. The molecule has 18 heavy (non-hydrogen) atoms. The molecule has 0 saturated carbocycles. The molecule has 0 unspecified atom stereocenters. The SMILES string of the molecule is COc1cccc(OC)c1[C@@H](N)c1ccsc1.Cl. The quantitative estimate of drug-likeness (QED) is 0.938. The van der Waals surface area contributed by atoms with Crippen LogP contribution < -0.4 is 15.2 Å². The number of ether oxygens (including phenoxy) is 2. The Balaban J connectivity index is 0.00000162. The lowest BCUT2D eigenvalue weighted by atomic mass is 10.00. The Labute approximate surface area is 117 Å². The molecule has 2 N–H and O–H groups in total. The predicted molar refractivity (Wildman–Crippen MR) is 77.1 cm³/mol. The van der Waals surface area contributed by atoms with Crippen molar-refractivity contribution >= 4 is 23.7 Å². The average molecular weight is 286 g/mol. The summed E-state index contributed by atoms with van der Waals surface area (Å²) < 4.78 is 10.7. The normalized spacial score (nSPS) is 11.5. The molecule has 1 aromatic carbocycles. The van der Waals surface area contributed by atoms with Gasteiger partial charge in [-0.3, -0.25) is 0 Å². The Kier molecular flexibility index (Phi) is 5.47. The second-order valence-electron chi connectivity index (χ2n) is 3.61. The van der Waals surface area contributed by atoms with Gasteiger partial charge in [0.2, 0.25) is 0 Å². The van der Waals surface area contributed by atoms with Gasteiger partial charge in [0.25, 0.3) is 0 Å². The van der Waals surface area contributed by atoms with Crippen LogP contribution in [-0.2, 0) is 0 Å². The Hall–Kier alpha value is -1.23. The molecule has 1 heterocycles. The molecule has 0 spiro atoms. The summed E-state index contributed by atoms with van der Waals surface area (Å²) in [5.74, 6) is 1.51. The van der Waals surface area contributed by atoms with Gasteiger partial charge in [0, 0.05) is 0 Å². The van der Waals surface area contributed by atoms with Crippen LogP contribution in [-0.4, -0.2) is 14.2 Å². The van der Waals surface area contributed by atoms with E-state index in [2.05, 4.69) is 0 Å². The minimum absolute atomic E-state index is 0. The summed E-state index contributed by atoms with van der Waals surface area (Å²) in [6.07, 6.45) is 0. The highest BCUT2D eigenvalue weighted by molar-refractivity contribution is 7.08. The fourth-order valence-electron chi connectivity index (χ4n) is 1.81. The number of rotatable bonds is 4. The Morgan fingerprint density at radius 3 is 2.17 bits per heavy atom. The fourth-order valence-corrected chi connectivity index (χ4v) is 2.50. The van der Waals surface area contributed by atoms with Gasteiger partial charge in [-0.15, -0.1) is 12.4 Å². The van der Waals surface area contributed by atoms with Crippen molar-refractivity contribution in [2.75, 3.05) is 14.2 Å². The summed E-state index contributed by atoms with van der Waals surface area (Å²) >= 11 is 1.63. The van der Waals surface area contributed by atoms with Crippen LogP contribution in [0.5, 0.6) is 11.5 Å². The van der Waals surface area contributed by atoms with Crippen LogP contribution in [0.4, 0.5) is 0 Å². The number of hydrogen-bond acceptors (Lipinski definition) is 4. The standard InChI is InChI=1S/C13H15NO2S.ClH/c1-15-10-4-3-5-11(16-2)12(10)13(14)9-6-7-17-8-9;/h3-8,13H,14H2,1-2H3;1H/t13-;/m0./s1. The molecule has 0 radical (unpaired) electrons. The Morgan fingerprint density at radius 2 is 1.72 bits per heavy atom. The maximum absolute atomic E-state index is 6.26. The predicted octanol–water partition coefficient (Wildman–Crippen LogP) is 3.24. The summed E-state index contributed by atoms with van der Waals surface area (Å²) in [6, 6.07) is 7.46. The van der Waals surface area contributed by atoms with Gasteiger partial charge in [0.15, 0.2) is 0 Å². The molecule has 2 rings (SSSR count). The van der Waals surface area contributed by atoms with Crippen molar-refractivity contribution in [3.05, 3.63) is 46.2 Å². The molecule has 98 valence electrons. The number of halogens is 1.